The number of carbonyl (C=O) groups is 4. The Labute approximate surface area is 252 Å². The van der Waals surface area contributed by atoms with Gasteiger partial charge in [0.25, 0.3) is 0 Å². The van der Waals surface area contributed by atoms with Crippen molar-refractivity contribution in [3.8, 4) is 0 Å². The summed E-state index contributed by atoms with van der Waals surface area (Å²) in [5.41, 5.74) is 0.392. The van der Waals surface area contributed by atoms with E-state index in [0.717, 1.165) is 0 Å². The fourth-order valence-electron chi connectivity index (χ4n) is 4.16. The first-order valence-corrected chi connectivity index (χ1v) is 14.0. The Kier molecular flexibility index (Phi) is 16.2. The van der Waals surface area contributed by atoms with Crippen LogP contribution in [0.3, 0.4) is 0 Å². The van der Waals surface area contributed by atoms with Crippen molar-refractivity contribution in [1.82, 2.24) is 10.6 Å². The molecule has 1 saturated heterocycles. The minimum absolute atomic E-state index is 0.00177. The van der Waals surface area contributed by atoms with Crippen molar-refractivity contribution in [1.29, 1.82) is 0 Å². The molecule has 0 aromatic heterocycles. The number of hydrogen-bond donors (Lipinski definition) is 9. The first-order chi connectivity index (χ1) is 20.9. The van der Waals surface area contributed by atoms with Crippen LogP contribution < -0.4 is 10.6 Å². The third-order valence-electron chi connectivity index (χ3n) is 6.81. The van der Waals surface area contributed by atoms with E-state index < -0.39 is 86.5 Å². The van der Waals surface area contributed by atoms with Gasteiger partial charge in [-0.25, -0.2) is 9.59 Å². The highest BCUT2D eigenvalue weighted by atomic mass is 16.7. The summed E-state index contributed by atoms with van der Waals surface area (Å²) in [6.07, 6.45) is -13.4. The molecule has 252 valence electrons. The van der Waals surface area contributed by atoms with Gasteiger partial charge in [-0.2, -0.15) is 0 Å². The van der Waals surface area contributed by atoms with E-state index in [1.807, 2.05) is 0 Å². The zero-order valence-electron chi connectivity index (χ0n) is 24.2. The number of amides is 2. The monoisotopic (exact) mass is 638 g/mol. The van der Waals surface area contributed by atoms with E-state index in [1.54, 1.807) is 0 Å². The van der Waals surface area contributed by atoms with Crippen LogP contribution in [-0.2, 0) is 42.9 Å². The van der Waals surface area contributed by atoms with Gasteiger partial charge >= 0.3 is 11.9 Å². The maximum atomic E-state index is 12.3. The summed E-state index contributed by atoms with van der Waals surface area (Å²) in [5, 5.41) is 73.9. The van der Waals surface area contributed by atoms with Gasteiger partial charge in [0.15, 0.2) is 6.29 Å². The Balaban J connectivity index is 1.58. The third kappa shape index (κ3) is 11.4. The molecule has 2 aliphatic heterocycles. The SMILES string of the molecule is CC1=C(CCC(=O)NCCOCCOCCNC(=O)C(O)C[C@@H](O[C@@H]2O[C@H](CO)[C@H](O)[C@H](O)[C@H]2O)C(O)CO)C(=O)OC1=O. The number of ether oxygens (including phenoxy) is 5. The molecule has 0 aliphatic carbocycles. The van der Waals surface area contributed by atoms with Gasteiger partial charge in [-0.15, -0.1) is 0 Å². The molecule has 0 saturated carbocycles. The standard InChI is InChI=1S/C26H42N2O16/c1-13-14(25(39)44-24(13)38)2-3-19(33)27-4-6-40-8-9-41-7-5-28-23(37)15(31)10-17(16(32)11-29)42-26-22(36)21(35)20(34)18(12-30)43-26/h15-18,20-22,26,29-32,34-36H,2-12H2,1H3,(H,27,33)(H,28,37)/t15?,16?,17-,18-,20+,21+,22-,26-/m1/s1. The molecule has 0 aromatic rings. The van der Waals surface area contributed by atoms with Gasteiger partial charge in [0, 0.05) is 37.1 Å². The largest absolute Gasteiger partial charge is 0.394 e. The molecule has 2 amide bonds. The lowest BCUT2D eigenvalue weighted by molar-refractivity contribution is -0.319. The molecular formula is C26H42N2O16. The molecule has 2 rings (SSSR count). The van der Waals surface area contributed by atoms with Crippen molar-refractivity contribution in [2.45, 2.75) is 75.2 Å². The molecule has 9 N–H and O–H groups in total. The molecule has 0 spiro atoms. The maximum absolute atomic E-state index is 12.3. The van der Waals surface area contributed by atoms with Gasteiger partial charge in [0.05, 0.1) is 45.7 Å². The van der Waals surface area contributed by atoms with Crippen LogP contribution >= 0.6 is 0 Å². The number of rotatable bonds is 20. The molecule has 2 heterocycles. The highest BCUT2D eigenvalue weighted by Crippen LogP contribution is 2.25. The van der Waals surface area contributed by atoms with Gasteiger partial charge in [0.1, 0.15) is 36.6 Å². The van der Waals surface area contributed by atoms with Crippen molar-refractivity contribution in [3.05, 3.63) is 11.1 Å². The van der Waals surface area contributed by atoms with E-state index in [-0.39, 0.29) is 69.4 Å². The lowest BCUT2D eigenvalue weighted by Crippen LogP contribution is -2.60. The van der Waals surface area contributed by atoms with Gasteiger partial charge in [-0.05, 0) is 13.3 Å². The van der Waals surface area contributed by atoms with Gasteiger partial charge in [0.2, 0.25) is 11.8 Å². The van der Waals surface area contributed by atoms with Crippen LogP contribution in [0.2, 0.25) is 0 Å². The summed E-state index contributed by atoms with van der Waals surface area (Å²) in [4.78, 5) is 47.0. The summed E-state index contributed by atoms with van der Waals surface area (Å²) in [7, 11) is 0. The topological polar surface area (TPSA) is 280 Å². The highest BCUT2D eigenvalue weighted by molar-refractivity contribution is 6.12. The minimum Gasteiger partial charge on any atom is -0.394 e. The highest BCUT2D eigenvalue weighted by Gasteiger charge is 2.45. The quantitative estimate of drug-likeness (QED) is 0.0342. The number of esters is 2. The summed E-state index contributed by atoms with van der Waals surface area (Å²) in [6.45, 7) is 0.705. The zero-order chi connectivity index (χ0) is 32.8. The molecule has 1 fully saturated rings. The summed E-state index contributed by atoms with van der Waals surface area (Å²) >= 11 is 0. The second kappa shape index (κ2) is 19.0. The number of aliphatic hydroxyl groups is 7. The van der Waals surface area contributed by atoms with Crippen LogP contribution in [0, 0.1) is 0 Å². The normalized spacial score (nSPS) is 25.9. The second-order valence-corrected chi connectivity index (χ2v) is 10.0. The summed E-state index contributed by atoms with van der Waals surface area (Å²) < 4.78 is 25.7. The number of nitrogens with one attached hydrogen (secondary N) is 2. The van der Waals surface area contributed by atoms with Crippen molar-refractivity contribution in [2.75, 3.05) is 52.7 Å². The zero-order valence-corrected chi connectivity index (χ0v) is 24.2. The van der Waals surface area contributed by atoms with Crippen LogP contribution in [-0.4, -0.2) is 161 Å². The lowest BCUT2D eigenvalue weighted by Gasteiger charge is -2.41. The van der Waals surface area contributed by atoms with Gasteiger partial charge in [-0.3, -0.25) is 9.59 Å². The first-order valence-electron chi connectivity index (χ1n) is 14.0. The molecular weight excluding hydrogens is 596 g/mol. The number of carbonyl (C=O) groups excluding carboxylic acids is 4. The number of hydrogen-bond acceptors (Lipinski definition) is 16. The van der Waals surface area contributed by atoms with Crippen LogP contribution in [0.15, 0.2) is 11.1 Å². The van der Waals surface area contributed by atoms with Gasteiger partial charge < -0.3 is 70.1 Å². The van der Waals surface area contributed by atoms with E-state index in [9.17, 15) is 54.9 Å². The second-order valence-electron chi connectivity index (χ2n) is 10.0. The first kappa shape index (κ1) is 37.6. The van der Waals surface area contributed by atoms with Crippen LogP contribution in [0.4, 0.5) is 0 Å². The molecule has 2 aliphatic rings. The van der Waals surface area contributed by atoms with Gasteiger partial charge in [-0.1, -0.05) is 0 Å². The smallest absolute Gasteiger partial charge is 0.342 e. The van der Waals surface area contributed by atoms with Crippen LogP contribution in [0.5, 0.6) is 0 Å². The Morgan fingerprint density at radius 1 is 0.909 bits per heavy atom. The maximum Gasteiger partial charge on any atom is 0.342 e. The fraction of sp³-hybridized carbons (Fsp3) is 0.769. The van der Waals surface area contributed by atoms with Crippen molar-refractivity contribution >= 4 is 23.8 Å². The number of cyclic esters (lactones) is 2. The van der Waals surface area contributed by atoms with Crippen LogP contribution in [0.25, 0.3) is 0 Å². The van der Waals surface area contributed by atoms with E-state index in [2.05, 4.69) is 15.4 Å². The predicted molar refractivity (Wildman–Crippen MR) is 143 cm³/mol. The summed E-state index contributed by atoms with van der Waals surface area (Å²) in [5.74, 6) is -2.61. The lowest BCUT2D eigenvalue weighted by atomic mass is 9.99. The Hall–Kier alpha value is -2.62. The average Bonchev–Trinajstić information content (AvgIpc) is 3.25. The Bertz CT molecular complexity index is 991. The Morgan fingerprint density at radius 2 is 1.55 bits per heavy atom. The molecule has 0 radical (unpaired) electrons. The van der Waals surface area contributed by atoms with Crippen LogP contribution in [0.1, 0.15) is 26.2 Å². The van der Waals surface area contributed by atoms with Crippen molar-refractivity contribution in [2.24, 2.45) is 0 Å². The van der Waals surface area contributed by atoms with E-state index in [0.29, 0.717) is 0 Å². The van der Waals surface area contributed by atoms with E-state index in [1.165, 1.54) is 6.92 Å². The Morgan fingerprint density at radius 3 is 2.11 bits per heavy atom. The predicted octanol–water partition coefficient (Wildman–Crippen LogP) is -5.28. The minimum atomic E-state index is -1.79. The molecule has 0 bridgehead atoms. The fourth-order valence-corrected chi connectivity index (χ4v) is 4.16. The number of aliphatic hydroxyl groups excluding tert-OH is 7. The van der Waals surface area contributed by atoms with Crippen molar-refractivity contribution in [3.63, 3.8) is 0 Å². The molecule has 0 aromatic carbocycles. The molecule has 2 unspecified atom stereocenters. The van der Waals surface area contributed by atoms with E-state index >= 15 is 0 Å². The summed E-state index contributed by atoms with van der Waals surface area (Å²) in [6, 6.07) is 0. The average molecular weight is 639 g/mol. The molecule has 18 heteroatoms. The van der Waals surface area contributed by atoms with Crippen molar-refractivity contribution < 1.29 is 78.6 Å². The molecule has 44 heavy (non-hydrogen) atoms. The third-order valence-corrected chi connectivity index (χ3v) is 6.81. The van der Waals surface area contributed by atoms with E-state index in [4.69, 9.17) is 18.9 Å². The molecule has 8 atom stereocenters. The molecule has 18 nitrogen and oxygen atoms in total.